The summed E-state index contributed by atoms with van der Waals surface area (Å²) in [6.07, 6.45) is 3.45. The Labute approximate surface area is 178 Å². The number of unbranched alkanes of at least 4 members (excludes halogenated alkanes) is 1. The molecule has 3 rings (SSSR count). The topological polar surface area (TPSA) is 67.8 Å². The normalized spacial score (nSPS) is 18.9. The number of carbonyl (C=O) groups excluding carboxylic acids is 1. The molecule has 0 radical (unpaired) electrons. The van der Waals surface area contributed by atoms with Crippen LogP contribution >= 0.6 is 22.6 Å². The van der Waals surface area contributed by atoms with E-state index in [1.807, 2.05) is 36.4 Å². The molecule has 1 amide bonds. The van der Waals surface area contributed by atoms with Crippen molar-refractivity contribution in [3.8, 4) is 0 Å². The SMILES string of the molecule is O=C(Nc1ccccc1)C1=C[C@@H](c2ccc(I)cc2)C[C@@H](OCCCCO)O1. The van der Waals surface area contributed by atoms with E-state index in [1.165, 1.54) is 0 Å². The van der Waals surface area contributed by atoms with Crippen LogP contribution in [0.5, 0.6) is 0 Å². The van der Waals surface area contributed by atoms with E-state index in [2.05, 4.69) is 52.2 Å². The van der Waals surface area contributed by atoms with Crippen LogP contribution in [0.3, 0.4) is 0 Å². The van der Waals surface area contributed by atoms with Gasteiger partial charge in [-0.3, -0.25) is 4.79 Å². The minimum Gasteiger partial charge on any atom is -0.459 e. The molecule has 2 aromatic carbocycles. The fourth-order valence-corrected chi connectivity index (χ4v) is 3.36. The number of para-hydroxylation sites is 1. The van der Waals surface area contributed by atoms with E-state index in [4.69, 9.17) is 14.6 Å². The summed E-state index contributed by atoms with van der Waals surface area (Å²) >= 11 is 2.28. The molecule has 0 bridgehead atoms. The first-order chi connectivity index (χ1) is 13.7. The number of hydrogen-bond acceptors (Lipinski definition) is 4. The highest BCUT2D eigenvalue weighted by atomic mass is 127. The first-order valence-corrected chi connectivity index (χ1v) is 10.5. The summed E-state index contributed by atoms with van der Waals surface area (Å²) in [5.41, 5.74) is 1.84. The van der Waals surface area contributed by atoms with Crippen LogP contribution < -0.4 is 5.32 Å². The Morgan fingerprint density at radius 3 is 2.61 bits per heavy atom. The molecule has 0 aliphatic carbocycles. The van der Waals surface area contributed by atoms with Gasteiger partial charge >= 0.3 is 0 Å². The lowest BCUT2D eigenvalue weighted by Crippen LogP contribution is -2.29. The number of rotatable bonds is 8. The van der Waals surface area contributed by atoms with Gasteiger partial charge in [0.05, 0.1) is 6.61 Å². The molecule has 1 aliphatic heterocycles. The lowest BCUT2D eigenvalue weighted by molar-refractivity contribution is -0.143. The number of allylic oxidation sites excluding steroid dienone is 1. The molecule has 2 atom stereocenters. The van der Waals surface area contributed by atoms with Gasteiger partial charge in [-0.2, -0.15) is 0 Å². The van der Waals surface area contributed by atoms with E-state index in [0.717, 1.165) is 15.6 Å². The quantitative estimate of drug-likeness (QED) is 0.422. The predicted octanol–water partition coefficient (Wildman–Crippen LogP) is 4.43. The van der Waals surface area contributed by atoms with Crippen LogP contribution in [0.4, 0.5) is 5.69 Å². The average Bonchev–Trinajstić information content (AvgIpc) is 2.72. The Bertz CT molecular complexity index is 792. The summed E-state index contributed by atoms with van der Waals surface area (Å²) in [5.74, 6) is 0.0151. The molecule has 6 heteroatoms. The number of aliphatic hydroxyl groups is 1. The molecule has 0 spiro atoms. The molecule has 0 fully saturated rings. The number of anilines is 1. The van der Waals surface area contributed by atoms with Gasteiger partial charge in [0.15, 0.2) is 5.76 Å². The number of benzene rings is 2. The Kier molecular flexibility index (Phi) is 7.88. The Balaban J connectivity index is 1.74. The number of amides is 1. The van der Waals surface area contributed by atoms with Crippen LogP contribution in [0, 0.1) is 3.57 Å². The van der Waals surface area contributed by atoms with Crippen molar-refractivity contribution >= 4 is 34.2 Å². The number of aliphatic hydroxyl groups excluding tert-OH is 1. The highest BCUT2D eigenvalue weighted by Gasteiger charge is 2.28. The zero-order valence-corrected chi connectivity index (χ0v) is 17.7. The maximum Gasteiger partial charge on any atom is 0.290 e. The fraction of sp³-hybridized carbons (Fsp3) is 0.318. The number of ether oxygens (including phenoxy) is 2. The number of carbonyl (C=O) groups is 1. The Morgan fingerprint density at radius 2 is 1.89 bits per heavy atom. The van der Waals surface area contributed by atoms with Crippen molar-refractivity contribution in [2.24, 2.45) is 0 Å². The van der Waals surface area contributed by atoms with E-state index in [1.54, 1.807) is 0 Å². The monoisotopic (exact) mass is 493 g/mol. The second-order valence-electron chi connectivity index (χ2n) is 6.59. The van der Waals surface area contributed by atoms with Crippen LogP contribution in [0.25, 0.3) is 0 Å². The van der Waals surface area contributed by atoms with Gasteiger partial charge in [-0.1, -0.05) is 30.3 Å². The summed E-state index contributed by atoms with van der Waals surface area (Å²) in [5, 5.41) is 11.8. The number of halogens is 1. The summed E-state index contributed by atoms with van der Waals surface area (Å²) < 4.78 is 12.8. The van der Waals surface area contributed by atoms with Gasteiger partial charge in [0, 0.05) is 28.2 Å². The molecule has 2 N–H and O–H groups in total. The molecule has 28 heavy (non-hydrogen) atoms. The summed E-state index contributed by atoms with van der Waals surface area (Å²) in [4.78, 5) is 12.7. The zero-order valence-electron chi connectivity index (χ0n) is 15.5. The van der Waals surface area contributed by atoms with Crippen molar-refractivity contribution in [2.45, 2.75) is 31.5 Å². The van der Waals surface area contributed by atoms with E-state index < -0.39 is 6.29 Å². The minimum atomic E-state index is -0.496. The number of hydrogen-bond donors (Lipinski definition) is 2. The molecular formula is C22H24INO4. The van der Waals surface area contributed by atoms with Crippen LogP contribution in [0.15, 0.2) is 66.4 Å². The van der Waals surface area contributed by atoms with Crippen LogP contribution in [0.1, 0.15) is 30.7 Å². The Hall–Kier alpha value is -1.90. The van der Waals surface area contributed by atoms with E-state index in [9.17, 15) is 4.79 Å². The molecule has 0 unspecified atom stereocenters. The van der Waals surface area contributed by atoms with Gasteiger partial charge in [-0.25, -0.2) is 0 Å². The van der Waals surface area contributed by atoms with E-state index in [-0.39, 0.29) is 24.2 Å². The van der Waals surface area contributed by atoms with Crippen LogP contribution in [-0.2, 0) is 14.3 Å². The van der Waals surface area contributed by atoms with Crippen LogP contribution in [-0.4, -0.2) is 30.5 Å². The van der Waals surface area contributed by atoms with E-state index >= 15 is 0 Å². The predicted molar refractivity (Wildman–Crippen MR) is 117 cm³/mol. The van der Waals surface area contributed by atoms with Crippen molar-refractivity contribution in [3.05, 3.63) is 75.6 Å². The van der Waals surface area contributed by atoms with Gasteiger partial charge < -0.3 is 19.9 Å². The van der Waals surface area contributed by atoms with Gasteiger partial charge in [0.25, 0.3) is 5.91 Å². The summed E-state index contributed by atoms with van der Waals surface area (Å²) in [6, 6.07) is 17.6. The molecule has 0 aromatic heterocycles. The first kappa shape index (κ1) is 20.8. The number of nitrogens with one attached hydrogen (secondary N) is 1. The highest BCUT2D eigenvalue weighted by Crippen LogP contribution is 2.32. The summed E-state index contributed by atoms with van der Waals surface area (Å²) in [7, 11) is 0. The molecular weight excluding hydrogens is 469 g/mol. The zero-order chi connectivity index (χ0) is 19.8. The van der Waals surface area contributed by atoms with Crippen molar-refractivity contribution in [2.75, 3.05) is 18.5 Å². The molecule has 1 heterocycles. The fourth-order valence-electron chi connectivity index (χ4n) is 3.00. The van der Waals surface area contributed by atoms with Crippen molar-refractivity contribution in [3.63, 3.8) is 0 Å². The third-order valence-electron chi connectivity index (χ3n) is 4.47. The van der Waals surface area contributed by atoms with Gasteiger partial charge in [-0.05, 0) is 71.3 Å². The largest absolute Gasteiger partial charge is 0.459 e. The third kappa shape index (κ3) is 6.05. The van der Waals surface area contributed by atoms with Gasteiger partial charge in [-0.15, -0.1) is 0 Å². The van der Waals surface area contributed by atoms with Crippen molar-refractivity contribution in [1.82, 2.24) is 0 Å². The molecule has 148 valence electrons. The maximum absolute atomic E-state index is 12.7. The first-order valence-electron chi connectivity index (χ1n) is 9.38. The van der Waals surface area contributed by atoms with Crippen molar-refractivity contribution < 1.29 is 19.4 Å². The molecule has 2 aromatic rings. The van der Waals surface area contributed by atoms with E-state index in [0.29, 0.717) is 25.1 Å². The molecule has 1 aliphatic rings. The molecule has 0 saturated carbocycles. The van der Waals surface area contributed by atoms with Gasteiger partial charge in [0.2, 0.25) is 6.29 Å². The summed E-state index contributed by atoms with van der Waals surface area (Å²) in [6.45, 7) is 0.628. The van der Waals surface area contributed by atoms with Gasteiger partial charge in [0.1, 0.15) is 0 Å². The second kappa shape index (κ2) is 10.6. The molecule has 5 nitrogen and oxygen atoms in total. The second-order valence-corrected chi connectivity index (χ2v) is 7.84. The lowest BCUT2D eigenvalue weighted by atomic mass is 9.93. The standard InChI is InChI=1S/C22H24INO4/c23-18-10-8-16(9-11-18)17-14-20(22(26)24-19-6-2-1-3-7-19)28-21(15-17)27-13-5-4-12-25/h1-3,6-11,14,17,21,25H,4-5,12-13,15H2,(H,24,26)/t17-,21+/m1/s1. The Morgan fingerprint density at radius 1 is 1.14 bits per heavy atom. The lowest BCUT2D eigenvalue weighted by Gasteiger charge is -2.29. The highest BCUT2D eigenvalue weighted by molar-refractivity contribution is 14.1. The molecule has 0 saturated heterocycles. The maximum atomic E-state index is 12.7. The van der Waals surface area contributed by atoms with Crippen LogP contribution in [0.2, 0.25) is 0 Å². The third-order valence-corrected chi connectivity index (χ3v) is 5.19. The van der Waals surface area contributed by atoms with Crippen molar-refractivity contribution in [1.29, 1.82) is 0 Å². The average molecular weight is 493 g/mol. The smallest absolute Gasteiger partial charge is 0.290 e. The minimum absolute atomic E-state index is 0.0325.